The van der Waals surface area contributed by atoms with Crippen molar-refractivity contribution < 1.29 is 17.9 Å². The number of rotatable bonds is 5. The first-order chi connectivity index (χ1) is 8.50. The van der Waals surface area contributed by atoms with E-state index in [9.17, 15) is 13.2 Å². The van der Waals surface area contributed by atoms with Crippen LogP contribution in [0.5, 0.6) is 0 Å². The van der Waals surface area contributed by atoms with E-state index >= 15 is 0 Å². The van der Waals surface area contributed by atoms with E-state index in [-0.39, 0.29) is 6.04 Å². The molecule has 1 unspecified atom stereocenters. The average Bonchev–Trinajstić information content (AvgIpc) is 3.12. The molecule has 0 radical (unpaired) electrons. The smallest absolute Gasteiger partial charge is 0.383 e. The van der Waals surface area contributed by atoms with Crippen molar-refractivity contribution in [2.45, 2.75) is 25.1 Å². The number of halogens is 3. The predicted octanol–water partition coefficient (Wildman–Crippen LogP) is 2.33. The van der Waals surface area contributed by atoms with Crippen molar-refractivity contribution in [2.24, 2.45) is 5.92 Å². The first kappa shape index (κ1) is 13.1. The Balaban J connectivity index is 2.00. The third kappa shape index (κ3) is 3.32. The molecule has 1 fully saturated rings. The molecule has 18 heavy (non-hydrogen) atoms. The Morgan fingerprint density at radius 2 is 2.11 bits per heavy atom. The fourth-order valence-corrected chi connectivity index (χ4v) is 1.72. The third-order valence-corrected chi connectivity index (χ3v) is 2.83. The maximum atomic E-state index is 12.3. The SMILES string of the molecule is COCC(Nc1ccc(C(F)(F)F)nn1)C1CC1. The highest BCUT2D eigenvalue weighted by Crippen LogP contribution is 2.34. The normalized spacial score (nSPS) is 17.6. The lowest BCUT2D eigenvalue weighted by atomic mass is 10.2. The summed E-state index contributed by atoms with van der Waals surface area (Å²) >= 11 is 0. The highest BCUT2D eigenvalue weighted by Gasteiger charge is 2.34. The number of alkyl halides is 3. The van der Waals surface area contributed by atoms with E-state index in [2.05, 4.69) is 15.5 Å². The minimum absolute atomic E-state index is 0.0843. The summed E-state index contributed by atoms with van der Waals surface area (Å²) in [5.41, 5.74) is -0.984. The zero-order valence-electron chi connectivity index (χ0n) is 9.87. The van der Waals surface area contributed by atoms with Gasteiger partial charge in [0.05, 0.1) is 12.6 Å². The molecule has 100 valence electrons. The van der Waals surface area contributed by atoms with Crippen molar-refractivity contribution in [1.29, 1.82) is 0 Å². The summed E-state index contributed by atoms with van der Waals surface area (Å²) < 4.78 is 42.0. The van der Waals surface area contributed by atoms with E-state index in [0.717, 1.165) is 18.9 Å². The Labute approximate surface area is 103 Å². The van der Waals surface area contributed by atoms with Gasteiger partial charge in [0.1, 0.15) is 5.82 Å². The zero-order chi connectivity index (χ0) is 13.2. The van der Waals surface area contributed by atoms with Crippen LogP contribution >= 0.6 is 0 Å². The summed E-state index contributed by atoms with van der Waals surface area (Å²) in [6.07, 6.45) is -2.24. The fourth-order valence-electron chi connectivity index (χ4n) is 1.72. The second-order valence-electron chi connectivity index (χ2n) is 4.35. The van der Waals surface area contributed by atoms with Crippen molar-refractivity contribution in [3.63, 3.8) is 0 Å². The van der Waals surface area contributed by atoms with Crippen LogP contribution in [0.25, 0.3) is 0 Å². The van der Waals surface area contributed by atoms with Crippen molar-refractivity contribution in [1.82, 2.24) is 10.2 Å². The lowest BCUT2D eigenvalue weighted by Gasteiger charge is -2.17. The van der Waals surface area contributed by atoms with E-state index in [1.54, 1.807) is 7.11 Å². The molecule has 1 aliphatic carbocycles. The lowest BCUT2D eigenvalue weighted by Crippen LogP contribution is -2.27. The summed E-state index contributed by atoms with van der Waals surface area (Å²) in [6.45, 7) is 0.507. The summed E-state index contributed by atoms with van der Waals surface area (Å²) in [4.78, 5) is 0. The molecule has 7 heteroatoms. The summed E-state index contributed by atoms with van der Waals surface area (Å²) in [5, 5.41) is 9.76. The van der Waals surface area contributed by atoms with Crippen molar-refractivity contribution >= 4 is 5.82 Å². The van der Waals surface area contributed by atoms with Crippen molar-refractivity contribution in [2.75, 3.05) is 19.0 Å². The third-order valence-electron chi connectivity index (χ3n) is 2.83. The number of nitrogens with zero attached hydrogens (tertiary/aromatic N) is 2. The van der Waals surface area contributed by atoms with E-state index in [1.165, 1.54) is 6.07 Å². The van der Waals surface area contributed by atoms with E-state index in [0.29, 0.717) is 18.3 Å². The zero-order valence-corrected chi connectivity index (χ0v) is 9.87. The Bertz CT molecular complexity index is 390. The molecule has 1 aromatic heterocycles. The van der Waals surface area contributed by atoms with Gasteiger partial charge >= 0.3 is 6.18 Å². The Morgan fingerprint density at radius 3 is 2.56 bits per heavy atom. The second kappa shape index (κ2) is 5.09. The van der Waals surface area contributed by atoms with Crippen LogP contribution in [0.2, 0.25) is 0 Å². The number of methoxy groups -OCH3 is 1. The number of aromatic nitrogens is 2. The lowest BCUT2D eigenvalue weighted by molar-refractivity contribution is -0.141. The Hall–Kier alpha value is -1.37. The van der Waals surface area contributed by atoms with Gasteiger partial charge in [-0.1, -0.05) is 0 Å². The van der Waals surface area contributed by atoms with E-state index in [1.807, 2.05) is 0 Å². The molecule has 0 aromatic carbocycles. The van der Waals surface area contributed by atoms with Gasteiger partial charge in [0.25, 0.3) is 0 Å². The van der Waals surface area contributed by atoms with Gasteiger partial charge in [0.15, 0.2) is 5.69 Å². The molecule has 2 rings (SSSR count). The van der Waals surface area contributed by atoms with Gasteiger partial charge in [-0.05, 0) is 30.9 Å². The molecule has 1 aliphatic rings. The number of anilines is 1. The van der Waals surface area contributed by atoms with Crippen LogP contribution < -0.4 is 5.32 Å². The molecule has 1 heterocycles. The van der Waals surface area contributed by atoms with Crippen LogP contribution in [0.4, 0.5) is 19.0 Å². The van der Waals surface area contributed by atoms with Crippen LogP contribution in [0.1, 0.15) is 18.5 Å². The van der Waals surface area contributed by atoms with E-state index < -0.39 is 11.9 Å². The maximum Gasteiger partial charge on any atom is 0.435 e. The topological polar surface area (TPSA) is 47.0 Å². The molecule has 1 aromatic rings. The minimum Gasteiger partial charge on any atom is -0.383 e. The quantitative estimate of drug-likeness (QED) is 0.883. The molecule has 1 N–H and O–H groups in total. The molecule has 4 nitrogen and oxygen atoms in total. The largest absolute Gasteiger partial charge is 0.435 e. The van der Waals surface area contributed by atoms with E-state index in [4.69, 9.17) is 4.74 Å². The number of ether oxygens (including phenoxy) is 1. The minimum atomic E-state index is -4.45. The van der Waals surface area contributed by atoms with Gasteiger partial charge in [-0.15, -0.1) is 10.2 Å². The molecule has 1 atom stereocenters. The van der Waals surface area contributed by atoms with Gasteiger partial charge in [-0.25, -0.2) is 0 Å². The summed E-state index contributed by atoms with van der Waals surface area (Å²) in [7, 11) is 1.59. The standard InChI is InChI=1S/C11H14F3N3O/c1-18-6-8(7-2-3-7)15-10-5-4-9(16-17-10)11(12,13)14/h4-5,7-8H,2-3,6H2,1H3,(H,15,17). The molecular formula is C11H14F3N3O. The summed E-state index contributed by atoms with van der Waals surface area (Å²) in [6, 6.07) is 2.30. The second-order valence-corrected chi connectivity index (χ2v) is 4.35. The molecule has 0 amide bonds. The van der Waals surface area contributed by atoms with Gasteiger partial charge in [0, 0.05) is 7.11 Å². The van der Waals surface area contributed by atoms with Gasteiger partial charge in [0.2, 0.25) is 0 Å². The van der Waals surface area contributed by atoms with Crippen LogP contribution in [-0.2, 0) is 10.9 Å². The Morgan fingerprint density at radius 1 is 1.39 bits per heavy atom. The van der Waals surface area contributed by atoms with Gasteiger partial charge in [-0.2, -0.15) is 13.2 Å². The number of hydrogen-bond acceptors (Lipinski definition) is 4. The number of nitrogens with one attached hydrogen (secondary N) is 1. The first-order valence-electron chi connectivity index (χ1n) is 5.67. The van der Waals surface area contributed by atoms with Crippen molar-refractivity contribution in [3.8, 4) is 0 Å². The Kier molecular flexibility index (Phi) is 3.70. The molecule has 1 saturated carbocycles. The fraction of sp³-hybridized carbons (Fsp3) is 0.636. The van der Waals surface area contributed by atoms with Crippen LogP contribution in [0.3, 0.4) is 0 Å². The predicted molar refractivity (Wildman–Crippen MR) is 59.0 cm³/mol. The highest BCUT2D eigenvalue weighted by atomic mass is 19.4. The van der Waals surface area contributed by atoms with Crippen LogP contribution in [0, 0.1) is 5.92 Å². The van der Waals surface area contributed by atoms with Gasteiger partial charge < -0.3 is 10.1 Å². The van der Waals surface area contributed by atoms with Crippen LogP contribution in [-0.4, -0.2) is 30.0 Å². The first-order valence-corrected chi connectivity index (χ1v) is 5.67. The maximum absolute atomic E-state index is 12.3. The molecule has 0 spiro atoms. The molecule has 0 saturated heterocycles. The van der Waals surface area contributed by atoms with Crippen LogP contribution in [0.15, 0.2) is 12.1 Å². The monoisotopic (exact) mass is 261 g/mol. The molecular weight excluding hydrogens is 247 g/mol. The summed E-state index contributed by atoms with van der Waals surface area (Å²) in [5.74, 6) is 0.853. The highest BCUT2D eigenvalue weighted by molar-refractivity contribution is 5.35. The average molecular weight is 261 g/mol. The van der Waals surface area contributed by atoms with Gasteiger partial charge in [-0.3, -0.25) is 0 Å². The number of hydrogen-bond donors (Lipinski definition) is 1. The van der Waals surface area contributed by atoms with Crippen molar-refractivity contribution in [3.05, 3.63) is 17.8 Å². The molecule has 0 aliphatic heterocycles. The molecule has 0 bridgehead atoms.